The van der Waals surface area contributed by atoms with E-state index in [2.05, 4.69) is 4.72 Å². The van der Waals surface area contributed by atoms with Crippen LogP contribution in [0.25, 0.3) is 0 Å². The number of nitrogens with one attached hydrogen (secondary N) is 1. The summed E-state index contributed by atoms with van der Waals surface area (Å²) in [6.07, 6.45) is 4.06. The molecule has 1 aromatic carbocycles. The molecule has 3 N–H and O–H groups in total. The molecule has 0 radical (unpaired) electrons. The predicted octanol–water partition coefficient (Wildman–Crippen LogP) is 1.82. The molecule has 1 unspecified atom stereocenters. The molecule has 1 aliphatic rings. The van der Waals surface area contributed by atoms with Gasteiger partial charge in [0.05, 0.1) is 16.9 Å². The summed E-state index contributed by atoms with van der Waals surface area (Å²) in [6.45, 7) is 0.216. The Kier molecular flexibility index (Phi) is 7.40. The summed E-state index contributed by atoms with van der Waals surface area (Å²) in [5.74, 6) is 0.137. The van der Waals surface area contributed by atoms with Gasteiger partial charge in [-0.15, -0.1) is 12.4 Å². The van der Waals surface area contributed by atoms with Gasteiger partial charge in [0, 0.05) is 24.7 Å². The van der Waals surface area contributed by atoms with E-state index in [0.29, 0.717) is 0 Å². The van der Waals surface area contributed by atoms with Crippen LogP contribution in [0.2, 0.25) is 0 Å². The number of nitrogens with two attached hydrogens (primary N) is 1. The van der Waals surface area contributed by atoms with Crippen molar-refractivity contribution in [2.45, 2.75) is 36.6 Å². The maximum Gasteiger partial charge on any atom is 0.310 e. The van der Waals surface area contributed by atoms with Gasteiger partial charge in [0.2, 0.25) is 10.0 Å². The van der Waals surface area contributed by atoms with Gasteiger partial charge in [0.15, 0.2) is 5.75 Å². The summed E-state index contributed by atoms with van der Waals surface area (Å²) in [7, 11) is -2.56. The number of nitrogens with zero attached hydrogens (tertiary/aromatic N) is 1. The van der Waals surface area contributed by atoms with Gasteiger partial charge in [0.25, 0.3) is 0 Å². The van der Waals surface area contributed by atoms with Crippen molar-refractivity contribution in [1.82, 2.24) is 4.72 Å². The van der Waals surface area contributed by atoms with Crippen LogP contribution in [0.1, 0.15) is 25.7 Å². The Balaban J connectivity index is 0.00000288. The van der Waals surface area contributed by atoms with Gasteiger partial charge in [-0.1, -0.05) is 12.8 Å². The van der Waals surface area contributed by atoms with Crippen molar-refractivity contribution in [1.29, 1.82) is 0 Å². The van der Waals surface area contributed by atoms with E-state index in [9.17, 15) is 18.5 Å². The van der Waals surface area contributed by atoms with Crippen LogP contribution in [0, 0.1) is 16.0 Å². The highest BCUT2D eigenvalue weighted by atomic mass is 35.5. The second-order valence-electron chi connectivity index (χ2n) is 5.60. The van der Waals surface area contributed by atoms with E-state index < -0.39 is 14.9 Å². The van der Waals surface area contributed by atoms with Crippen molar-refractivity contribution in [2.24, 2.45) is 11.7 Å². The normalized spacial score (nSPS) is 16.4. The van der Waals surface area contributed by atoms with Crippen LogP contribution in [0.3, 0.4) is 0 Å². The molecule has 1 aliphatic carbocycles. The highest BCUT2D eigenvalue weighted by Gasteiger charge is 2.29. The maximum atomic E-state index is 12.5. The summed E-state index contributed by atoms with van der Waals surface area (Å²) in [5, 5.41) is 10.9. The van der Waals surface area contributed by atoms with Crippen LogP contribution in [0.4, 0.5) is 5.69 Å². The number of benzene rings is 1. The first kappa shape index (κ1) is 20.6. The SMILES string of the molecule is COc1cc(S(=O)(=O)NC(CN)C2CCCC2)ccc1[N+](=O)[O-].Cl. The van der Waals surface area contributed by atoms with Gasteiger partial charge in [-0.2, -0.15) is 0 Å². The standard InChI is InChI=1S/C14H21N3O5S.ClH/c1-22-14-8-11(6-7-13(14)17(18)19)23(20,21)16-12(9-15)10-4-2-3-5-10;/h6-8,10,12,16H,2-5,9,15H2,1H3;1H. The van der Waals surface area contributed by atoms with E-state index in [1.807, 2.05) is 0 Å². The Labute approximate surface area is 147 Å². The minimum Gasteiger partial charge on any atom is -0.490 e. The molecule has 136 valence electrons. The Morgan fingerprint density at radius 1 is 1.42 bits per heavy atom. The molecular weight excluding hydrogens is 358 g/mol. The van der Waals surface area contributed by atoms with E-state index in [1.54, 1.807) is 0 Å². The van der Waals surface area contributed by atoms with Crippen molar-refractivity contribution in [2.75, 3.05) is 13.7 Å². The second-order valence-corrected chi connectivity index (χ2v) is 7.31. The third-order valence-corrected chi connectivity index (χ3v) is 5.68. The summed E-state index contributed by atoms with van der Waals surface area (Å²) in [5.41, 5.74) is 5.44. The van der Waals surface area contributed by atoms with Crippen LogP contribution >= 0.6 is 12.4 Å². The lowest BCUT2D eigenvalue weighted by Crippen LogP contribution is -2.44. The maximum absolute atomic E-state index is 12.5. The number of nitro groups is 1. The number of sulfonamides is 1. The fourth-order valence-electron chi connectivity index (χ4n) is 2.94. The van der Waals surface area contributed by atoms with Gasteiger partial charge in [-0.3, -0.25) is 10.1 Å². The van der Waals surface area contributed by atoms with Crippen molar-refractivity contribution in [3.63, 3.8) is 0 Å². The van der Waals surface area contributed by atoms with Gasteiger partial charge in [-0.25, -0.2) is 13.1 Å². The van der Waals surface area contributed by atoms with E-state index in [4.69, 9.17) is 10.5 Å². The lowest BCUT2D eigenvalue weighted by Gasteiger charge is -2.23. The van der Waals surface area contributed by atoms with E-state index in [-0.39, 0.29) is 47.2 Å². The molecular formula is C14H22ClN3O5S. The molecule has 0 aromatic heterocycles. The number of nitro benzene ring substituents is 1. The number of halogens is 1. The molecule has 0 saturated heterocycles. The van der Waals surface area contributed by atoms with Crippen molar-refractivity contribution < 1.29 is 18.1 Å². The lowest BCUT2D eigenvalue weighted by molar-refractivity contribution is -0.385. The number of ether oxygens (including phenoxy) is 1. The minimum atomic E-state index is -3.82. The van der Waals surface area contributed by atoms with Crippen molar-refractivity contribution >= 4 is 28.1 Å². The first-order valence-corrected chi connectivity index (χ1v) is 8.92. The average Bonchev–Trinajstić information content (AvgIpc) is 3.06. The van der Waals surface area contributed by atoms with Crippen LogP contribution in [-0.4, -0.2) is 33.0 Å². The molecule has 10 heteroatoms. The molecule has 8 nitrogen and oxygen atoms in total. The highest BCUT2D eigenvalue weighted by Crippen LogP contribution is 2.31. The van der Waals surface area contributed by atoms with Crippen LogP contribution in [-0.2, 0) is 10.0 Å². The zero-order valence-electron chi connectivity index (χ0n) is 13.3. The molecule has 1 aromatic rings. The monoisotopic (exact) mass is 379 g/mol. The van der Waals surface area contributed by atoms with Gasteiger partial charge in [-0.05, 0) is 24.8 Å². The quantitative estimate of drug-likeness (QED) is 0.550. The summed E-state index contributed by atoms with van der Waals surface area (Å²) >= 11 is 0. The first-order chi connectivity index (χ1) is 10.9. The molecule has 0 amide bonds. The van der Waals surface area contributed by atoms with Crippen LogP contribution in [0.5, 0.6) is 5.75 Å². The second kappa shape index (κ2) is 8.61. The molecule has 0 spiro atoms. The fraction of sp³-hybridized carbons (Fsp3) is 0.571. The predicted molar refractivity (Wildman–Crippen MR) is 92.0 cm³/mol. The number of rotatable bonds is 7. The fourth-order valence-corrected chi connectivity index (χ4v) is 4.27. The third-order valence-electron chi connectivity index (χ3n) is 4.19. The number of hydrogen-bond donors (Lipinski definition) is 2. The molecule has 1 saturated carbocycles. The van der Waals surface area contributed by atoms with Gasteiger partial charge >= 0.3 is 5.69 Å². The minimum absolute atomic E-state index is 0. The smallest absolute Gasteiger partial charge is 0.310 e. The van der Waals surface area contributed by atoms with Crippen LogP contribution < -0.4 is 15.2 Å². The summed E-state index contributed by atoms with van der Waals surface area (Å²) in [6, 6.07) is 3.15. The molecule has 0 aliphatic heterocycles. The van der Waals surface area contributed by atoms with Gasteiger partial charge < -0.3 is 10.5 Å². The van der Waals surface area contributed by atoms with E-state index in [1.165, 1.54) is 13.2 Å². The first-order valence-electron chi connectivity index (χ1n) is 7.44. The molecule has 1 atom stereocenters. The van der Waals surface area contributed by atoms with E-state index in [0.717, 1.165) is 37.8 Å². The Hall–Kier alpha value is -1.42. The molecule has 0 heterocycles. The Morgan fingerprint density at radius 2 is 2.04 bits per heavy atom. The van der Waals surface area contributed by atoms with Gasteiger partial charge in [0.1, 0.15) is 0 Å². The number of hydrogen-bond acceptors (Lipinski definition) is 6. The third kappa shape index (κ3) is 4.56. The highest BCUT2D eigenvalue weighted by molar-refractivity contribution is 7.89. The Bertz CT molecular complexity index is 677. The number of methoxy groups -OCH3 is 1. The van der Waals surface area contributed by atoms with Crippen LogP contribution in [0.15, 0.2) is 23.1 Å². The van der Waals surface area contributed by atoms with Crippen molar-refractivity contribution in [3.05, 3.63) is 28.3 Å². The summed E-state index contributed by atoms with van der Waals surface area (Å²) < 4.78 is 32.6. The molecule has 0 bridgehead atoms. The Morgan fingerprint density at radius 3 is 2.54 bits per heavy atom. The lowest BCUT2D eigenvalue weighted by atomic mass is 9.99. The zero-order chi connectivity index (χ0) is 17.0. The molecule has 1 fully saturated rings. The molecule has 24 heavy (non-hydrogen) atoms. The van der Waals surface area contributed by atoms with Crippen molar-refractivity contribution in [3.8, 4) is 5.75 Å². The average molecular weight is 380 g/mol. The van der Waals surface area contributed by atoms with E-state index >= 15 is 0 Å². The largest absolute Gasteiger partial charge is 0.490 e. The zero-order valence-corrected chi connectivity index (χ0v) is 14.9. The molecule has 2 rings (SSSR count). The summed E-state index contributed by atoms with van der Waals surface area (Å²) in [4.78, 5) is 10.2. The topological polar surface area (TPSA) is 125 Å².